The first-order chi connectivity index (χ1) is 6.31. The summed E-state index contributed by atoms with van der Waals surface area (Å²) >= 11 is 0. The summed E-state index contributed by atoms with van der Waals surface area (Å²) in [6, 6.07) is 0. The first-order valence-corrected chi connectivity index (χ1v) is 3.77. The van der Waals surface area contributed by atoms with Gasteiger partial charge in [-0.2, -0.15) is 9.78 Å². The summed E-state index contributed by atoms with van der Waals surface area (Å²) in [5.74, 6) is 0.619. The Morgan fingerprint density at radius 2 is 2.38 bits per heavy atom. The van der Waals surface area contributed by atoms with Gasteiger partial charge in [-0.15, -0.1) is 5.10 Å². The topological polar surface area (TPSA) is 87.4 Å². The fourth-order valence-electron chi connectivity index (χ4n) is 1.05. The molecule has 2 heterocycles. The van der Waals surface area contributed by atoms with Crippen molar-refractivity contribution in [3.05, 3.63) is 18.2 Å². The van der Waals surface area contributed by atoms with Crippen LogP contribution in [0.3, 0.4) is 0 Å². The van der Waals surface area contributed by atoms with Crippen LogP contribution in [0.5, 0.6) is 0 Å². The molecule has 0 amide bonds. The van der Waals surface area contributed by atoms with Crippen LogP contribution in [0, 0.1) is 0 Å². The highest BCUT2D eigenvalue weighted by molar-refractivity contribution is 5.24. The Labute approximate surface area is 74.1 Å². The molecule has 0 aromatic carbocycles. The molecular weight excluding hydrogens is 170 g/mol. The van der Waals surface area contributed by atoms with E-state index in [2.05, 4.69) is 20.6 Å². The number of hydrogen-bond donors (Lipinski definition) is 1. The molecule has 0 fully saturated rings. The quantitative estimate of drug-likeness (QED) is 0.629. The van der Waals surface area contributed by atoms with Gasteiger partial charge >= 0.3 is 0 Å². The van der Waals surface area contributed by atoms with Crippen molar-refractivity contribution in [2.24, 2.45) is 12.8 Å². The van der Waals surface area contributed by atoms with Crippen LogP contribution in [0.4, 0.5) is 0 Å². The molecule has 0 spiro atoms. The zero-order valence-corrected chi connectivity index (χ0v) is 7.12. The molecule has 0 atom stereocenters. The molecule has 0 bridgehead atoms. The average Bonchev–Trinajstić information content (AvgIpc) is 2.71. The number of aryl methyl sites for hydroxylation is 1. The van der Waals surface area contributed by atoms with Crippen LogP contribution in [-0.4, -0.2) is 30.0 Å². The van der Waals surface area contributed by atoms with Gasteiger partial charge in [0.25, 0.3) is 0 Å². The van der Waals surface area contributed by atoms with Gasteiger partial charge in [-0.05, 0) is 10.4 Å². The highest BCUT2D eigenvalue weighted by Gasteiger charge is 2.06. The molecule has 2 aromatic rings. The van der Waals surface area contributed by atoms with Crippen molar-refractivity contribution in [1.82, 2.24) is 30.0 Å². The fraction of sp³-hybridized carbons (Fsp3) is 0.333. The van der Waals surface area contributed by atoms with E-state index in [1.165, 1.54) is 0 Å². The van der Waals surface area contributed by atoms with Crippen molar-refractivity contribution >= 4 is 0 Å². The number of rotatable bonds is 2. The molecule has 0 unspecified atom stereocenters. The second kappa shape index (κ2) is 2.94. The van der Waals surface area contributed by atoms with E-state index < -0.39 is 0 Å². The third-order valence-corrected chi connectivity index (χ3v) is 1.65. The van der Waals surface area contributed by atoms with E-state index in [0.717, 1.165) is 5.69 Å². The zero-order chi connectivity index (χ0) is 9.26. The van der Waals surface area contributed by atoms with Gasteiger partial charge in [0.05, 0.1) is 18.9 Å². The van der Waals surface area contributed by atoms with Crippen molar-refractivity contribution in [1.29, 1.82) is 0 Å². The smallest absolute Gasteiger partial charge is 0.170 e. The lowest BCUT2D eigenvalue weighted by atomic mass is 10.5. The molecule has 0 aliphatic heterocycles. The molecule has 0 radical (unpaired) electrons. The second-order valence-corrected chi connectivity index (χ2v) is 2.58. The summed E-state index contributed by atoms with van der Waals surface area (Å²) in [6.45, 7) is 0.307. The second-order valence-electron chi connectivity index (χ2n) is 2.58. The lowest BCUT2D eigenvalue weighted by Gasteiger charge is -1.96. The fourth-order valence-corrected chi connectivity index (χ4v) is 1.05. The summed E-state index contributed by atoms with van der Waals surface area (Å²) in [5, 5.41) is 15.1. The summed E-state index contributed by atoms with van der Waals surface area (Å²) in [6.07, 6.45) is 3.49. The van der Waals surface area contributed by atoms with Gasteiger partial charge in [0, 0.05) is 7.05 Å². The molecule has 0 saturated heterocycles. The molecule has 2 rings (SSSR count). The van der Waals surface area contributed by atoms with Gasteiger partial charge in [-0.1, -0.05) is 0 Å². The van der Waals surface area contributed by atoms with Crippen molar-refractivity contribution < 1.29 is 0 Å². The first-order valence-electron chi connectivity index (χ1n) is 3.77. The molecule has 0 aliphatic rings. The maximum absolute atomic E-state index is 5.45. The minimum Gasteiger partial charge on any atom is -0.324 e. The summed E-state index contributed by atoms with van der Waals surface area (Å²) in [5.41, 5.74) is 6.26. The largest absolute Gasteiger partial charge is 0.324 e. The van der Waals surface area contributed by atoms with Crippen LogP contribution in [-0.2, 0) is 13.6 Å². The Kier molecular flexibility index (Phi) is 1.78. The van der Waals surface area contributed by atoms with Crippen molar-refractivity contribution in [2.75, 3.05) is 0 Å². The molecule has 0 aliphatic carbocycles. The van der Waals surface area contributed by atoms with Crippen LogP contribution >= 0.6 is 0 Å². The number of nitrogens with two attached hydrogens (primary N) is 1. The molecular formula is C6H9N7. The number of aromatic nitrogens is 6. The maximum atomic E-state index is 5.45. The third kappa shape index (κ3) is 1.29. The average molecular weight is 179 g/mol. The van der Waals surface area contributed by atoms with Gasteiger partial charge in [0.2, 0.25) is 0 Å². The van der Waals surface area contributed by atoms with E-state index >= 15 is 0 Å². The van der Waals surface area contributed by atoms with Gasteiger partial charge < -0.3 is 5.73 Å². The molecule has 7 heteroatoms. The van der Waals surface area contributed by atoms with Crippen LogP contribution in [0.2, 0.25) is 0 Å². The van der Waals surface area contributed by atoms with E-state index in [1.54, 1.807) is 15.6 Å². The van der Waals surface area contributed by atoms with Crippen LogP contribution in [0.25, 0.3) is 5.69 Å². The lowest BCUT2D eigenvalue weighted by molar-refractivity contribution is 0.751. The monoisotopic (exact) mass is 179 g/mol. The van der Waals surface area contributed by atoms with E-state index in [4.69, 9.17) is 5.73 Å². The number of nitrogens with zero attached hydrogens (tertiary/aromatic N) is 6. The Morgan fingerprint density at radius 1 is 1.54 bits per heavy atom. The van der Waals surface area contributed by atoms with Gasteiger partial charge in [0.15, 0.2) is 5.82 Å². The van der Waals surface area contributed by atoms with Gasteiger partial charge in [-0.25, -0.2) is 0 Å². The van der Waals surface area contributed by atoms with Crippen molar-refractivity contribution in [3.8, 4) is 5.69 Å². The van der Waals surface area contributed by atoms with Gasteiger partial charge in [-0.3, -0.25) is 4.68 Å². The minimum absolute atomic E-state index is 0.307. The Balaban J connectivity index is 2.45. The minimum atomic E-state index is 0.307. The summed E-state index contributed by atoms with van der Waals surface area (Å²) in [7, 11) is 1.83. The summed E-state index contributed by atoms with van der Waals surface area (Å²) in [4.78, 5) is 0. The Morgan fingerprint density at radius 3 is 3.00 bits per heavy atom. The van der Waals surface area contributed by atoms with E-state index in [-0.39, 0.29) is 0 Å². The van der Waals surface area contributed by atoms with Crippen LogP contribution < -0.4 is 5.73 Å². The highest BCUT2D eigenvalue weighted by atomic mass is 15.5. The predicted molar refractivity (Wildman–Crippen MR) is 43.8 cm³/mol. The number of hydrogen-bond acceptors (Lipinski definition) is 5. The third-order valence-electron chi connectivity index (χ3n) is 1.65. The molecule has 13 heavy (non-hydrogen) atoms. The van der Waals surface area contributed by atoms with E-state index in [0.29, 0.717) is 12.4 Å². The van der Waals surface area contributed by atoms with Gasteiger partial charge in [0.1, 0.15) is 5.69 Å². The molecule has 7 nitrogen and oxygen atoms in total. The van der Waals surface area contributed by atoms with Crippen molar-refractivity contribution in [2.45, 2.75) is 6.54 Å². The van der Waals surface area contributed by atoms with E-state index in [1.807, 2.05) is 13.2 Å². The molecule has 2 N–H and O–H groups in total. The number of tetrazole rings is 1. The maximum Gasteiger partial charge on any atom is 0.170 e. The lowest BCUT2D eigenvalue weighted by Crippen LogP contribution is -2.07. The Hall–Kier alpha value is -1.76. The van der Waals surface area contributed by atoms with Crippen LogP contribution in [0.1, 0.15) is 5.82 Å². The standard InChI is InChI=1S/C6H9N7/c1-12-4-5(3-8-12)13-6(2-7)9-10-11-13/h3-4H,2,7H2,1H3. The molecule has 68 valence electrons. The summed E-state index contributed by atoms with van der Waals surface area (Å²) < 4.78 is 3.24. The Bertz CT molecular complexity index is 401. The SMILES string of the molecule is Cn1cc(-n2nnnc2CN)cn1. The zero-order valence-electron chi connectivity index (χ0n) is 7.12. The van der Waals surface area contributed by atoms with Crippen LogP contribution in [0.15, 0.2) is 12.4 Å². The normalized spacial score (nSPS) is 10.6. The van der Waals surface area contributed by atoms with E-state index in [9.17, 15) is 0 Å². The predicted octanol–water partition coefficient (Wildman–Crippen LogP) is -1.15. The molecule has 0 saturated carbocycles. The van der Waals surface area contributed by atoms with Crippen molar-refractivity contribution in [3.63, 3.8) is 0 Å². The first kappa shape index (κ1) is 7.87. The highest BCUT2D eigenvalue weighted by Crippen LogP contribution is 2.04. The molecule has 2 aromatic heterocycles.